The topological polar surface area (TPSA) is 101 Å². The smallest absolute Gasteiger partial charge is 0.244 e. The number of nitrogens with one attached hydrogen (secondary N) is 2. The molecule has 0 aliphatic heterocycles. The number of rotatable bonds is 5. The third-order valence-corrected chi connectivity index (χ3v) is 2.04. The molecule has 1 amide bonds. The van der Waals surface area contributed by atoms with Gasteiger partial charge in [0.2, 0.25) is 11.1 Å². The van der Waals surface area contributed by atoms with E-state index in [1.807, 2.05) is 0 Å². The lowest BCUT2D eigenvalue weighted by Gasteiger charge is -2.12. The normalized spacial score (nSPS) is 12.1. The molecule has 0 saturated heterocycles. The lowest BCUT2D eigenvalue weighted by molar-refractivity contribution is -0.123. The van der Waals surface area contributed by atoms with Gasteiger partial charge in [0, 0.05) is 18.3 Å². The van der Waals surface area contributed by atoms with E-state index in [0.29, 0.717) is 5.69 Å². The minimum atomic E-state index is -0.775. The average Bonchev–Trinajstić information content (AvgIpc) is 2.69. The Morgan fingerprint density at radius 2 is 2.40 bits per heavy atom. The summed E-state index contributed by atoms with van der Waals surface area (Å²) >= 11 is 5.33. The molecule has 15 heavy (non-hydrogen) atoms. The van der Waals surface area contributed by atoms with Gasteiger partial charge in [-0.05, 0) is 11.6 Å². The fourth-order valence-corrected chi connectivity index (χ4v) is 1.19. The summed E-state index contributed by atoms with van der Waals surface area (Å²) in [7, 11) is 0. The van der Waals surface area contributed by atoms with E-state index in [1.54, 1.807) is 6.20 Å². The maximum Gasteiger partial charge on any atom is 0.244 e. The van der Waals surface area contributed by atoms with E-state index in [9.17, 15) is 9.59 Å². The van der Waals surface area contributed by atoms with E-state index in [-0.39, 0.29) is 13.0 Å². The first-order valence-electron chi connectivity index (χ1n) is 4.29. The van der Waals surface area contributed by atoms with Crippen molar-refractivity contribution >= 4 is 22.8 Å². The van der Waals surface area contributed by atoms with Crippen molar-refractivity contribution in [3.05, 3.63) is 18.2 Å². The standard InChI is InChI=1S/C8H11ClN4O2/c9-8(15)6(13-7(14)2-10)1-5-3-11-4-12-5/h3-4,6H,1-2,10H2,(H,11,12)(H,13,14)/t6-/m0/s1. The Morgan fingerprint density at radius 1 is 1.67 bits per heavy atom. The zero-order valence-corrected chi connectivity index (χ0v) is 8.62. The molecule has 0 aliphatic carbocycles. The fraction of sp³-hybridized carbons (Fsp3) is 0.375. The van der Waals surface area contributed by atoms with Gasteiger partial charge in [-0.3, -0.25) is 9.59 Å². The second-order valence-corrected chi connectivity index (χ2v) is 3.28. The summed E-state index contributed by atoms with van der Waals surface area (Å²) in [6, 6.07) is -0.775. The first kappa shape index (κ1) is 11.7. The van der Waals surface area contributed by atoms with E-state index in [2.05, 4.69) is 15.3 Å². The summed E-state index contributed by atoms with van der Waals surface area (Å²) in [4.78, 5) is 28.6. The highest BCUT2D eigenvalue weighted by molar-refractivity contribution is 6.64. The molecule has 0 bridgehead atoms. The molecule has 0 spiro atoms. The number of hydrogen-bond donors (Lipinski definition) is 3. The number of amides is 1. The molecule has 0 aliphatic rings. The van der Waals surface area contributed by atoms with Crippen LogP contribution in [0.25, 0.3) is 0 Å². The van der Waals surface area contributed by atoms with E-state index in [4.69, 9.17) is 17.3 Å². The van der Waals surface area contributed by atoms with E-state index in [1.165, 1.54) is 6.33 Å². The average molecular weight is 231 g/mol. The Labute approximate surface area is 91.2 Å². The third-order valence-electron chi connectivity index (χ3n) is 1.77. The molecule has 7 heteroatoms. The zero-order valence-electron chi connectivity index (χ0n) is 7.87. The molecule has 0 fully saturated rings. The molecule has 82 valence electrons. The predicted octanol–water partition coefficient (Wildman–Crippen LogP) is -0.839. The van der Waals surface area contributed by atoms with Crippen molar-refractivity contribution < 1.29 is 9.59 Å². The van der Waals surface area contributed by atoms with Gasteiger partial charge in [-0.15, -0.1) is 0 Å². The largest absolute Gasteiger partial charge is 0.348 e. The second kappa shape index (κ2) is 5.47. The molecule has 0 radical (unpaired) electrons. The lowest BCUT2D eigenvalue weighted by Crippen LogP contribution is -2.43. The van der Waals surface area contributed by atoms with E-state index >= 15 is 0 Å². The van der Waals surface area contributed by atoms with Crippen molar-refractivity contribution in [3.8, 4) is 0 Å². The van der Waals surface area contributed by atoms with Crippen LogP contribution in [0, 0.1) is 0 Å². The minimum absolute atomic E-state index is 0.177. The molecule has 4 N–H and O–H groups in total. The van der Waals surface area contributed by atoms with Crippen LogP contribution in [0.15, 0.2) is 12.5 Å². The first-order valence-corrected chi connectivity index (χ1v) is 4.67. The summed E-state index contributed by atoms with van der Waals surface area (Å²) in [6.45, 7) is -0.177. The number of imidazole rings is 1. The monoisotopic (exact) mass is 230 g/mol. The summed E-state index contributed by atoms with van der Waals surface area (Å²) < 4.78 is 0. The number of aromatic nitrogens is 2. The molecule has 1 aromatic heterocycles. The Bertz CT molecular complexity index is 338. The van der Waals surface area contributed by atoms with Crippen molar-refractivity contribution in [2.24, 2.45) is 5.73 Å². The molecule has 0 aromatic carbocycles. The van der Waals surface area contributed by atoms with Crippen LogP contribution in [0.4, 0.5) is 0 Å². The van der Waals surface area contributed by atoms with Gasteiger partial charge in [0.05, 0.1) is 12.9 Å². The molecule has 1 rings (SSSR count). The SMILES string of the molecule is NCC(=O)N[C@@H](Cc1cnc[nH]1)C(=O)Cl. The van der Waals surface area contributed by atoms with Gasteiger partial charge in [-0.1, -0.05) is 0 Å². The second-order valence-electron chi connectivity index (χ2n) is 2.91. The Balaban J connectivity index is 2.59. The zero-order chi connectivity index (χ0) is 11.3. The van der Waals surface area contributed by atoms with Crippen LogP contribution in [0.2, 0.25) is 0 Å². The molecule has 1 heterocycles. The number of carbonyl (C=O) groups excluding carboxylic acids is 2. The van der Waals surface area contributed by atoms with Crippen molar-refractivity contribution in [3.63, 3.8) is 0 Å². The lowest BCUT2D eigenvalue weighted by atomic mass is 10.2. The molecular weight excluding hydrogens is 220 g/mol. The maximum atomic E-state index is 11.0. The number of halogens is 1. The summed E-state index contributed by atoms with van der Waals surface area (Å²) in [6.07, 6.45) is 3.31. The highest BCUT2D eigenvalue weighted by Gasteiger charge is 2.19. The van der Waals surface area contributed by atoms with Crippen LogP contribution in [-0.4, -0.2) is 33.7 Å². The maximum absolute atomic E-state index is 11.0. The number of carbonyl (C=O) groups is 2. The summed E-state index contributed by atoms with van der Waals surface area (Å²) in [5.41, 5.74) is 5.82. The van der Waals surface area contributed by atoms with Crippen molar-refractivity contribution in [1.82, 2.24) is 15.3 Å². The fourth-order valence-electron chi connectivity index (χ4n) is 1.06. The van der Waals surface area contributed by atoms with Crippen LogP contribution >= 0.6 is 11.6 Å². The molecule has 0 saturated carbocycles. The van der Waals surface area contributed by atoms with Gasteiger partial charge >= 0.3 is 0 Å². The molecular formula is C8H11ClN4O2. The number of nitrogens with zero attached hydrogens (tertiary/aromatic N) is 1. The molecule has 0 unspecified atom stereocenters. The van der Waals surface area contributed by atoms with Crippen LogP contribution in [0.1, 0.15) is 5.69 Å². The first-order chi connectivity index (χ1) is 7.13. The van der Waals surface area contributed by atoms with Crippen molar-refractivity contribution in [2.45, 2.75) is 12.5 Å². The molecule has 1 atom stereocenters. The van der Waals surface area contributed by atoms with Crippen LogP contribution < -0.4 is 11.1 Å². The Morgan fingerprint density at radius 3 is 2.87 bits per heavy atom. The third kappa shape index (κ3) is 3.69. The number of hydrogen-bond acceptors (Lipinski definition) is 4. The van der Waals surface area contributed by atoms with Gasteiger partial charge in [0.15, 0.2) is 0 Å². The Hall–Kier alpha value is -1.40. The highest BCUT2D eigenvalue weighted by Crippen LogP contribution is 2.01. The van der Waals surface area contributed by atoms with E-state index < -0.39 is 17.2 Å². The minimum Gasteiger partial charge on any atom is -0.348 e. The summed E-state index contributed by atoms with van der Waals surface area (Å²) in [5, 5.41) is 1.78. The van der Waals surface area contributed by atoms with Crippen LogP contribution in [0.5, 0.6) is 0 Å². The molecule has 1 aromatic rings. The quantitative estimate of drug-likeness (QED) is 0.574. The highest BCUT2D eigenvalue weighted by atomic mass is 35.5. The summed E-state index contributed by atoms with van der Waals surface area (Å²) in [5.74, 6) is -0.423. The van der Waals surface area contributed by atoms with Gasteiger partial charge in [0.25, 0.3) is 0 Å². The number of nitrogens with two attached hydrogens (primary N) is 1. The number of aromatic amines is 1. The van der Waals surface area contributed by atoms with Crippen LogP contribution in [0.3, 0.4) is 0 Å². The van der Waals surface area contributed by atoms with Crippen LogP contribution in [-0.2, 0) is 16.0 Å². The van der Waals surface area contributed by atoms with Gasteiger partial charge in [-0.2, -0.15) is 0 Å². The van der Waals surface area contributed by atoms with E-state index in [0.717, 1.165) is 0 Å². The van der Waals surface area contributed by atoms with Gasteiger partial charge in [0.1, 0.15) is 6.04 Å². The van der Waals surface area contributed by atoms with Crippen molar-refractivity contribution in [1.29, 1.82) is 0 Å². The molecule has 6 nitrogen and oxygen atoms in total. The number of H-pyrrole nitrogens is 1. The predicted molar refractivity (Wildman–Crippen MR) is 54.1 cm³/mol. The van der Waals surface area contributed by atoms with Gasteiger partial charge in [-0.25, -0.2) is 4.98 Å². The van der Waals surface area contributed by atoms with Gasteiger partial charge < -0.3 is 16.0 Å². The Kier molecular flexibility index (Phi) is 4.26. The van der Waals surface area contributed by atoms with Crippen molar-refractivity contribution in [2.75, 3.05) is 6.54 Å².